The van der Waals surface area contributed by atoms with Gasteiger partial charge in [0.15, 0.2) is 0 Å². The molecule has 0 amide bonds. The van der Waals surface area contributed by atoms with Gasteiger partial charge in [-0.2, -0.15) is 0 Å². The zero-order valence-corrected chi connectivity index (χ0v) is 15.9. The lowest BCUT2D eigenvalue weighted by Crippen LogP contribution is -2.30. The van der Waals surface area contributed by atoms with E-state index in [-0.39, 0.29) is 10.8 Å². The summed E-state index contributed by atoms with van der Waals surface area (Å²) in [4.78, 5) is 0. The number of hydrogen-bond donors (Lipinski definition) is 0. The Hall–Kier alpha value is -1.50. The van der Waals surface area contributed by atoms with Crippen molar-refractivity contribution in [2.75, 3.05) is 0 Å². The van der Waals surface area contributed by atoms with Crippen molar-refractivity contribution in [2.45, 2.75) is 72.1 Å². The quantitative estimate of drug-likeness (QED) is 0.613. The summed E-state index contributed by atoms with van der Waals surface area (Å²) in [6, 6.07) is 13.0. The van der Waals surface area contributed by atoms with Gasteiger partial charge in [-0.05, 0) is 45.9 Å². The molecule has 0 aliphatic rings. The van der Waals surface area contributed by atoms with Crippen LogP contribution in [0, 0.1) is 5.41 Å². The summed E-state index contributed by atoms with van der Waals surface area (Å²) < 4.78 is 5.60. The summed E-state index contributed by atoms with van der Waals surface area (Å²) >= 11 is 0. The third-order valence-corrected chi connectivity index (χ3v) is 4.55. The summed E-state index contributed by atoms with van der Waals surface area (Å²) in [6.45, 7) is 16.4. The van der Waals surface area contributed by atoms with Gasteiger partial charge < -0.3 is 4.42 Å². The number of benzene rings is 1. The third-order valence-electron chi connectivity index (χ3n) is 4.55. The Balaban J connectivity index is 2.40. The highest BCUT2D eigenvalue weighted by Crippen LogP contribution is 2.41. The van der Waals surface area contributed by atoms with Crippen LogP contribution in [-0.2, 0) is 17.3 Å². The molecule has 1 aromatic carbocycles. The predicted octanol–water partition coefficient (Wildman–Crippen LogP) is 6.51. The van der Waals surface area contributed by atoms with Gasteiger partial charge in [0.05, 0.1) is 6.26 Å². The van der Waals surface area contributed by atoms with Crippen LogP contribution in [0.25, 0.3) is 0 Å². The van der Waals surface area contributed by atoms with Crippen molar-refractivity contribution in [3.8, 4) is 0 Å². The van der Waals surface area contributed by atoms with Gasteiger partial charge in [-0.3, -0.25) is 0 Å². The van der Waals surface area contributed by atoms with Gasteiger partial charge in [-0.1, -0.05) is 72.7 Å². The lowest BCUT2D eigenvalue weighted by molar-refractivity contribution is 0.280. The molecule has 0 saturated carbocycles. The first-order chi connectivity index (χ1) is 10.5. The van der Waals surface area contributed by atoms with E-state index < -0.39 is 0 Å². The molecular formula is C22H32O. The highest BCUT2D eigenvalue weighted by molar-refractivity contribution is 5.39. The van der Waals surface area contributed by atoms with Crippen LogP contribution in [0.4, 0.5) is 0 Å². The normalized spacial score (nSPS) is 13.3. The highest BCUT2D eigenvalue weighted by atomic mass is 16.3. The molecule has 0 unspecified atom stereocenters. The first kappa shape index (κ1) is 17.8. The minimum absolute atomic E-state index is 0.0452. The standard InChI is InChI=1S/C22H32O/c1-20(2,3)16-22(6,7)19-13-9-8-12-18(19)21(4,5)15-17-11-10-14-23-17/h8-14H,15-16H2,1-7H3. The van der Waals surface area contributed by atoms with Crippen LogP contribution in [0.5, 0.6) is 0 Å². The molecule has 1 aromatic heterocycles. The van der Waals surface area contributed by atoms with Crippen LogP contribution >= 0.6 is 0 Å². The second kappa shape index (κ2) is 6.19. The summed E-state index contributed by atoms with van der Waals surface area (Å²) in [7, 11) is 0. The highest BCUT2D eigenvalue weighted by Gasteiger charge is 2.33. The number of hydrogen-bond acceptors (Lipinski definition) is 1. The van der Waals surface area contributed by atoms with Gasteiger partial charge in [0.2, 0.25) is 0 Å². The van der Waals surface area contributed by atoms with E-state index in [2.05, 4.69) is 78.8 Å². The van der Waals surface area contributed by atoms with E-state index in [1.54, 1.807) is 6.26 Å². The summed E-state index contributed by atoms with van der Waals surface area (Å²) in [5.41, 5.74) is 3.40. The van der Waals surface area contributed by atoms with E-state index in [1.807, 2.05) is 6.07 Å². The molecule has 23 heavy (non-hydrogen) atoms. The molecule has 0 spiro atoms. The second-order valence-electron chi connectivity index (χ2n) is 9.31. The Kier molecular flexibility index (Phi) is 4.80. The molecule has 0 bridgehead atoms. The molecule has 0 atom stereocenters. The van der Waals surface area contributed by atoms with Gasteiger partial charge >= 0.3 is 0 Å². The molecule has 0 radical (unpaired) electrons. The molecule has 2 rings (SSSR count). The molecule has 1 heterocycles. The van der Waals surface area contributed by atoms with Crippen molar-refractivity contribution in [1.82, 2.24) is 0 Å². The van der Waals surface area contributed by atoms with Crippen LogP contribution in [0.3, 0.4) is 0 Å². The minimum atomic E-state index is 0.0452. The molecule has 0 aliphatic heterocycles. The summed E-state index contributed by atoms with van der Waals surface area (Å²) in [6.07, 6.45) is 3.84. The van der Waals surface area contributed by atoms with Gasteiger partial charge in [0.25, 0.3) is 0 Å². The molecule has 0 saturated heterocycles. The smallest absolute Gasteiger partial charge is 0.104 e. The maximum Gasteiger partial charge on any atom is 0.104 e. The average Bonchev–Trinajstić information content (AvgIpc) is 2.88. The Morgan fingerprint density at radius 1 is 0.739 bits per heavy atom. The first-order valence-corrected chi connectivity index (χ1v) is 8.64. The number of rotatable bonds is 5. The minimum Gasteiger partial charge on any atom is -0.469 e. The average molecular weight is 312 g/mol. The van der Waals surface area contributed by atoms with E-state index >= 15 is 0 Å². The fraction of sp³-hybridized carbons (Fsp3) is 0.545. The zero-order chi connectivity index (χ0) is 17.3. The lowest BCUT2D eigenvalue weighted by atomic mass is 9.67. The van der Waals surface area contributed by atoms with Crippen LogP contribution < -0.4 is 0 Å². The Labute approximate surface area is 142 Å². The molecule has 0 N–H and O–H groups in total. The van der Waals surface area contributed by atoms with E-state index in [1.165, 1.54) is 11.1 Å². The predicted molar refractivity (Wildman–Crippen MR) is 99.0 cm³/mol. The molecule has 126 valence electrons. The first-order valence-electron chi connectivity index (χ1n) is 8.64. The van der Waals surface area contributed by atoms with Crippen LogP contribution in [0.1, 0.15) is 71.8 Å². The topological polar surface area (TPSA) is 13.1 Å². The molecule has 2 aromatic rings. The Morgan fingerprint density at radius 3 is 1.78 bits per heavy atom. The van der Waals surface area contributed by atoms with E-state index in [0.717, 1.165) is 18.6 Å². The number of furan rings is 1. The monoisotopic (exact) mass is 312 g/mol. The lowest BCUT2D eigenvalue weighted by Gasteiger charge is -2.38. The van der Waals surface area contributed by atoms with E-state index in [4.69, 9.17) is 4.42 Å². The molecular weight excluding hydrogens is 280 g/mol. The van der Waals surface area contributed by atoms with Crippen LogP contribution in [0.2, 0.25) is 0 Å². The molecule has 0 fully saturated rings. The molecule has 1 heteroatoms. The van der Waals surface area contributed by atoms with Crippen molar-refractivity contribution >= 4 is 0 Å². The summed E-state index contributed by atoms with van der Waals surface area (Å²) in [5, 5.41) is 0. The van der Waals surface area contributed by atoms with Crippen LogP contribution in [-0.4, -0.2) is 0 Å². The van der Waals surface area contributed by atoms with Crippen molar-refractivity contribution in [3.05, 3.63) is 59.5 Å². The maximum absolute atomic E-state index is 5.60. The van der Waals surface area contributed by atoms with Gasteiger partial charge in [0, 0.05) is 6.42 Å². The van der Waals surface area contributed by atoms with Crippen molar-refractivity contribution in [2.24, 2.45) is 5.41 Å². The maximum atomic E-state index is 5.60. The van der Waals surface area contributed by atoms with Gasteiger partial charge in [-0.25, -0.2) is 0 Å². The van der Waals surface area contributed by atoms with Crippen molar-refractivity contribution < 1.29 is 4.42 Å². The Bertz CT molecular complexity index is 624. The fourth-order valence-corrected chi connectivity index (χ4v) is 4.03. The molecule has 0 aliphatic carbocycles. The molecule has 1 nitrogen and oxygen atoms in total. The van der Waals surface area contributed by atoms with Gasteiger partial charge in [0.1, 0.15) is 5.76 Å². The van der Waals surface area contributed by atoms with Crippen molar-refractivity contribution in [3.63, 3.8) is 0 Å². The van der Waals surface area contributed by atoms with E-state index in [0.29, 0.717) is 5.41 Å². The third kappa shape index (κ3) is 4.50. The SMILES string of the molecule is CC(C)(C)CC(C)(C)c1ccccc1C(C)(C)Cc1ccco1. The second-order valence-corrected chi connectivity index (χ2v) is 9.31. The van der Waals surface area contributed by atoms with Crippen LogP contribution in [0.15, 0.2) is 47.1 Å². The zero-order valence-electron chi connectivity index (χ0n) is 15.9. The largest absolute Gasteiger partial charge is 0.469 e. The summed E-state index contributed by atoms with van der Waals surface area (Å²) in [5.74, 6) is 1.05. The van der Waals surface area contributed by atoms with Gasteiger partial charge in [-0.15, -0.1) is 0 Å². The van der Waals surface area contributed by atoms with Crippen molar-refractivity contribution in [1.29, 1.82) is 0 Å². The van der Waals surface area contributed by atoms with E-state index in [9.17, 15) is 0 Å². The fourth-order valence-electron chi connectivity index (χ4n) is 4.03. The Morgan fingerprint density at radius 2 is 1.30 bits per heavy atom.